The molecule has 0 N–H and O–H groups in total. The molecular formula is C16H5Br3O2. The average Bonchev–Trinajstić information content (AvgIpc) is 2.69. The Morgan fingerprint density at radius 2 is 1.24 bits per heavy atom. The van der Waals surface area contributed by atoms with Crippen LogP contribution in [0.15, 0.2) is 28.7 Å². The molecule has 0 atom stereocenters. The number of hydrogen-bond donors (Lipinski definition) is 0. The molecule has 0 unspecified atom stereocenters. The van der Waals surface area contributed by atoms with Crippen LogP contribution in [-0.2, 0) is 4.79 Å². The third kappa shape index (κ3) is 1.68. The Labute approximate surface area is 145 Å². The molecule has 0 spiro atoms. The van der Waals surface area contributed by atoms with Crippen LogP contribution in [0.2, 0.25) is 0 Å². The van der Waals surface area contributed by atoms with Crippen LogP contribution in [0.5, 0.6) is 0 Å². The van der Waals surface area contributed by atoms with Gasteiger partial charge in [-0.2, -0.15) is 0 Å². The molecule has 2 nitrogen and oxygen atoms in total. The molecule has 2 aromatic rings. The van der Waals surface area contributed by atoms with E-state index in [1.54, 1.807) is 12.1 Å². The molecule has 2 aliphatic rings. The molecule has 0 amide bonds. The van der Waals surface area contributed by atoms with Crippen LogP contribution in [0.3, 0.4) is 0 Å². The van der Waals surface area contributed by atoms with Gasteiger partial charge in [-0.15, -0.1) is 0 Å². The minimum atomic E-state index is -0.507. The van der Waals surface area contributed by atoms with Crippen molar-refractivity contribution in [1.29, 1.82) is 0 Å². The van der Waals surface area contributed by atoms with Gasteiger partial charge in [-0.3, -0.25) is 9.59 Å². The summed E-state index contributed by atoms with van der Waals surface area (Å²) >= 11 is 10.4. The lowest BCUT2D eigenvalue weighted by Crippen LogP contribution is -2.13. The van der Waals surface area contributed by atoms with Crippen molar-refractivity contribution in [3.63, 3.8) is 0 Å². The zero-order valence-corrected chi connectivity index (χ0v) is 15.1. The Morgan fingerprint density at radius 1 is 0.667 bits per heavy atom. The first-order chi connectivity index (χ1) is 10.0. The zero-order chi connectivity index (χ0) is 14.9. The fourth-order valence-electron chi connectivity index (χ4n) is 2.87. The second-order valence-corrected chi connectivity index (χ2v) is 7.33. The van der Waals surface area contributed by atoms with E-state index in [9.17, 15) is 9.59 Å². The second-order valence-electron chi connectivity index (χ2n) is 4.89. The van der Waals surface area contributed by atoms with Gasteiger partial charge >= 0.3 is 0 Å². The summed E-state index contributed by atoms with van der Waals surface area (Å²) < 4.78 is 2.23. The van der Waals surface area contributed by atoms with Gasteiger partial charge in [0.2, 0.25) is 11.6 Å². The van der Waals surface area contributed by atoms with E-state index in [1.165, 1.54) is 0 Å². The quantitative estimate of drug-likeness (QED) is 0.494. The van der Waals surface area contributed by atoms with Crippen molar-refractivity contribution in [2.45, 2.75) is 0 Å². The smallest absolute Gasteiger partial charge is 0.240 e. The van der Waals surface area contributed by atoms with Crippen LogP contribution in [0.25, 0.3) is 25.8 Å². The molecule has 0 heterocycles. The number of carbonyl (C=O) groups excluding carboxylic acids is 2. The Kier molecular flexibility index (Phi) is 2.90. The van der Waals surface area contributed by atoms with Crippen molar-refractivity contribution in [3.05, 3.63) is 51.0 Å². The fraction of sp³-hybridized carbons (Fsp3) is 0. The standard InChI is InChI=1S/C16H5Br3O2/c17-10-5-6-1-2-7-12-8(14(19)13(7)18)3-4-9(11(6)12)15(20)16(10)21/h1-5H. The van der Waals surface area contributed by atoms with Gasteiger partial charge in [0.05, 0.1) is 4.48 Å². The van der Waals surface area contributed by atoms with E-state index < -0.39 is 11.6 Å². The molecule has 102 valence electrons. The molecule has 2 aliphatic carbocycles. The summed E-state index contributed by atoms with van der Waals surface area (Å²) in [6.07, 6.45) is 1.72. The number of hydrogen-bond acceptors (Lipinski definition) is 2. The number of rotatable bonds is 0. The van der Waals surface area contributed by atoms with Gasteiger partial charge in [-0.25, -0.2) is 0 Å². The molecule has 5 heteroatoms. The molecule has 21 heavy (non-hydrogen) atoms. The average molecular weight is 469 g/mol. The summed E-state index contributed by atoms with van der Waals surface area (Å²) in [7, 11) is 0. The summed E-state index contributed by atoms with van der Waals surface area (Å²) in [5, 5.41) is 1.84. The van der Waals surface area contributed by atoms with Crippen molar-refractivity contribution < 1.29 is 9.59 Å². The van der Waals surface area contributed by atoms with Gasteiger partial charge in [0.1, 0.15) is 0 Å². The molecule has 4 rings (SSSR count). The highest BCUT2D eigenvalue weighted by Gasteiger charge is 2.30. The maximum atomic E-state index is 12.4. The van der Waals surface area contributed by atoms with Crippen molar-refractivity contribution in [2.75, 3.05) is 0 Å². The normalized spacial score (nSPS) is 16.6. The van der Waals surface area contributed by atoms with E-state index in [-0.39, 0.29) is 0 Å². The monoisotopic (exact) mass is 466 g/mol. The van der Waals surface area contributed by atoms with Crippen molar-refractivity contribution >= 4 is 85.2 Å². The summed E-state index contributed by atoms with van der Waals surface area (Å²) in [6, 6.07) is 7.55. The lowest BCUT2D eigenvalue weighted by atomic mass is 9.94. The van der Waals surface area contributed by atoms with Crippen LogP contribution < -0.4 is 0 Å². The maximum Gasteiger partial charge on any atom is 0.240 e. The maximum absolute atomic E-state index is 12.4. The number of allylic oxidation sites excluding steroid dienone is 1. The van der Waals surface area contributed by atoms with Gasteiger partial charge in [0, 0.05) is 19.9 Å². The molecule has 2 aromatic carbocycles. The van der Waals surface area contributed by atoms with E-state index in [4.69, 9.17) is 0 Å². The Morgan fingerprint density at radius 3 is 1.90 bits per heavy atom. The van der Waals surface area contributed by atoms with E-state index in [1.807, 2.05) is 18.2 Å². The van der Waals surface area contributed by atoms with Crippen molar-refractivity contribution in [3.8, 4) is 0 Å². The van der Waals surface area contributed by atoms with E-state index in [0.29, 0.717) is 10.0 Å². The third-order valence-electron chi connectivity index (χ3n) is 3.81. The number of carbonyl (C=O) groups is 2. The Balaban J connectivity index is 2.25. The molecule has 0 aromatic heterocycles. The van der Waals surface area contributed by atoms with Crippen LogP contribution in [-0.4, -0.2) is 11.6 Å². The Bertz CT molecular complexity index is 933. The molecule has 0 saturated heterocycles. The predicted molar refractivity (Wildman–Crippen MR) is 94.9 cm³/mol. The van der Waals surface area contributed by atoms with Gasteiger partial charge in [-0.1, -0.05) is 18.2 Å². The summed E-state index contributed by atoms with van der Waals surface area (Å²) in [4.78, 5) is 24.5. The fourth-order valence-corrected chi connectivity index (χ4v) is 4.38. The summed E-state index contributed by atoms with van der Waals surface area (Å²) in [5.41, 5.74) is 3.40. The van der Waals surface area contributed by atoms with Gasteiger partial charge in [0.15, 0.2) is 0 Å². The van der Waals surface area contributed by atoms with E-state index in [0.717, 1.165) is 36.4 Å². The summed E-state index contributed by atoms with van der Waals surface area (Å²) in [5.74, 6) is -0.980. The summed E-state index contributed by atoms with van der Waals surface area (Å²) in [6.45, 7) is 0. The highest BCUT2D eigenvalue weighted by atomic mass is 79.9. The highest BCUT2D eigenvalue weighted by molar-refractivity contribution is 9.18. The van der Waals surface area contributed by atoms with Gasteiger partial charge < -0.3 is 0 Å². The minimum absolute atomic E-state index is 0.296. The zero-order valence-electron chi connectivity index (χ0n) is 10.3. The third-order valence-corrected chi connectivity index (χ3v) is 6.58. The van der Waals surface area contributed by atoms with Crippen LogP contribution in [0.4, 0.5) is 0 Å². The number of halogens is 3. The highest BCUT2D eigenvalue weighted by Crippen LogP contribution is 2.49. The molecular weight excluding hydrogens is 464 g/mol. The molecule has 0 aliphatic heterocycles. The Hall–Kier alpha value is -1.04. The topological polar surface area (TPSA) is 34.1 Å². The first-order valence-electron chi connectivity index (χ1n) is 6.12. The largest absolute Gasteiger partial charge is 0.285 e. The van der Waals surface area contributed by atoms with Crippen molar-refractivity contribution in [2.24, 2.45) is 0 Å². The molecule has 0 saturated carbocycles. The lowest BCUT2D eigenvalue weighted by Gasteiger charge is -2.09. The number of ketones is 2. The van der Waals surface area contributed by atoms with Gasteiger partial charge in [0.25, 0.3) is 0 Å². The molecule has 0 radical (unpaired) electrons. The molecule has 0 fully saturated rings. The number of benzene rings is 2. The van der Waals surface area contributed by atoms with Crippen molar-refractivity contribution in [1.82, 2.24) is 0 Å². The minimum Gasteiger partial charge on any atom is -0.285 e. The predicted octanol–water partition coefficient (Wildman–Crippen LogP) is 5.27. The van der Waals surface area contributed by atoms with E-state index >= 15 is 0 Å². The molecule has 0 bridgehead atoms. The van der Waals surface area contributed by atoms with Crippen LogP contribution >= 0.6 is 47.8 Å². The first-order valence-corrected chi connectivity index (χ1v) is 8.50. The SMILES string of the molecule is O=C1C(=O)c2ccc3c4c(ccc(c24)C=C1Br)C(Br)=C3Br. The van der Waals surface area contributed by atoms with Crippen LogP contribution in [0, 0.1) is 0 Å². The lowest BCUT2D eigenvalue weighted by molar-refractivity contribution is -0.111. The number of Topliss-reactive ketones (excluding diaryl/α,β-unsaturated/α-hetero) is 2. The van der Waals surface area contributed by atoms with Crippen LogP contribution in [0.1, 0.15) is 27.0 Å². The van der Waals surface area contributed by atoms with E-state index in [2.05, 4.69) is 47.8 Å². The second kappa shape index (κ2) is 4.48. The van der Waals surface area contributed by atoms with Gasteiger partial charge in [-0.05, 0) is 82.0 Å². The first kappa shape index (κ1) is 13.6.